The predicted octanol–water partition coefficient (Wildman–Crippen LogP) is 5.16. The van der Waals surface area contributed by atoms with Crippen molar-refractivity contribution in [2.24, 2.45) is 0 Å². The van der Waals surface area contributed by atoms with Crippen molar-refractivity contribution in [3.8, 4) is 11.5 Å². The zero-order valence-corrected chi connectivity index (χ0v) is 13.0. The molecule has 0 amide bonds. The Kier molecular flexibility index (Phi) is 3.87. The van der Waals surface area contributed by atoms with E-state index in [2.05, 4.69) is 43.3 Å². The van der Waals surface area contributed by atoms with Gasteiger partial charge in [-0.3, -0.25) is 0 Å². The van der Waals surface area contributed by atoms with Gasteiger partial charge in [0.15, 0.2) is 0 Å². The maximum atomic E-state index is 6.03. The van der Waals surface area contributed by atoms with E-state index in [0.29, 0.717) is 19.1 Å². The Labute approximate surface area is 126 Å². The minimum absolute atomic E-state index is 0.454. The second-order valence-electron chi connectivity index (χ2n) is 5.44. The van der Waals surface area contributed by atoms with Crippen molar-refractivity contribution in [3.05, 3.63) is 41.5 Å². The lowest BCUT2D eigenvalue weighted by Crippen LogP contribution is -2.08. The molecule has 1 aliphatic carbocycles. The smallest absolute Gasteiger partial charge is 0.134 e. The minimum atomic E-state index is 0.454. The van der Waals surface area contributed by atoms with Crippen molar-refractivity contribution >= 4 is 16.8 Å². The third-order valence-electron chi connectivity index (χ3n) is 4.04. The summed E-state index contributed by atoms with van der Waals surface area (Å²) in [6.45, 7) is 7.69. The van der Waals surface area contributed by atoms with Crippen molar-refractivity contribution in [3.63, 3.8) is 0 Å². The molecule has 0 radical (unpaired) electrons. The van der Waals surface area contributed by atoms with Crippen LogP contribution >= 0.6 is 0 Å². The van der Waals surface area contributed by atoms with Gasteiger partial charge in [0.25, 0.3) is 0 Å². The lowest BCUT2D eigenvalue weighted by molar-refractivity contribution is 0.331. The summed E-state index contributed by atoms with van der Waals surface area (Å²) < 4.78 is 12.0. The third kappa shape index (κ3) is 2.29. The van der Waals surface area contributed by atoms with Crippen molar-refractivity contribution in [2.45, 2.75) is 33.1 Å². The maximum Gasteiger partial charge on any atom is 0.134 e. The highest BCUT2D eigenvalue weighted by atomic mass is 16.5. The van der Waals surface area contributed by atoms with Crippen LogP contribution in [0.3, 0.4) is 0 Å². The Bertz CT molecular complexity index is 686. The molecular weight excluding hydrogens is 260 g/mol. The Morgan fingerprint density at radius 2 is 1.62 bits per heavy atom. The van der Waals surface area contributed by atoms with E-state index in [1.807, 2.05) is 13.8 Å². The highest BCUT2D eigenvalue weighted by Gasteiger charge is 2.25. The molecule has 0 bridgehead atoms. The van der Waals surface area contributed by atoms with Crippen LogP contribution < -0.4 is 9.47 Å². The summed E-state index contributed by atoms with van der Waals surface area (Å²) in [5.74, 6) is 2.48. The van der Waals surface area contributed by atoms with Gasteiger partial charge in [0, 0.05) is 21.9 Å². The molecule has 2 aromatic rings. The molecule has 0 fully saturated rings. The van der Waals surface area contributed by atoms with Crippen molar-refractivity contribution in [1.82, 2.24) is 0 Å². The fourth-order valence-corrected chi connectivity index (χ4v) is 3.18. The van der Waals surface area contributed by atoms with Gasteiger partial charge >= 0.3 is 0 Å². The predicted molar refractivity (Wildman–Crippen MR) is 88.4 cm³/mol. The molecule has 2 heteroatoms. The molecule has 0 N–H and O–H groups in total. The fourth-order valence-electron chi connectivity index (χ4n) is 3.18. The van der Waals surface area contributed by atoms with Crippen molar-refractivity contribution in [1.29, 1.82) is 0 Å². The van der Waals surface area contributed by atoms with E-state index in [4.69, 9.17) is 9.47 Å². The van der Waals surface area contributed by atoms with Crippen LogP contribution in [0.1, 0.15) is 44.2 Å². The number of allylic oxidation sites excluding steroid dienone is 1. The Balaban J connectivity index is 2.40. The normalized spacial score (nSPS) is 16.8. The number of hydrogen-bond donors (Lipinski definition) is 0. The minimum Gasteiger partial charge on any atom is -0.493 e. The maximum absolute atomic E-state index is 6.03. The first-order valence-electron chi connectivity index (χ1n) is 7.78. The summed E-state index contributed by atoms with van der Waals surface area (Å²) in [4.78, 5) is 0. The van der Waals surface area contributed by atoms with E-state index >= 15 is 0 Å². The van der Waals surface area contributed by atoms with Crippen LogP contribution in [-0.2, 0) is 0 Å². The van der Waals surface area contributed by atoms with Gasteiger partial charge in [0.2, 0.25) is 0 Å². The van der Waals surface area contributed by atoms with E-state index in [-0.39, 0.29) is 0 Å². The Morgan fingerprint density at radius 3 is 2.29 bits per heavy atom. The van der Waals surface area contributed by atoms with Crippen molar-refractivity contribution < 1.29 is 9.47 Å². The van der Waals surface area contributed by atoms with E-state index in [0.717, 1.165) is 28.7 Å². The standard InChI is InChI=1S/C19H22O2/c1-4-20-18-14-10-6-7-11-15(14)19(21-5-2)17-13(3)9-8-12-16(17)18/h6-8,10-13H,4-5,9H2,1-3H3. The lowest BCUT2D eigenvalue weighted by atomic mass is 9.84. The monoisotopic (exact) mass is 282 g/mol. The van der Waals surface area contributed by atoms with E-state index in [1.165, 1.54) is 11.1 Å². The summed E-state index contributed by atoms with van der Waals surface area (Å²) in [5, 5.41) is 2.30. The van der Waals surface area contributed by atoms with Crippen LogP contribution in [0.5, 0.6) is 11.5 Å². The molecule has 21 heavy (non-hydrogen) atoms. The van der Waals surface area contributed by atoms with E-state index < -0.39 is 0 Å². The Morgan fingerprint density at radius 1 is 1.00 bits per heavy atom. The number of fused-ring (bicyclic) bond motifs is 2. The quantitative estimate of drug-likeness (QED) is 0.771. The Hall–Kier alpha value is -1.96. The van der Waals surface area contributed by atoms with Crippen LogP contribution in [0.25, 0.3) is 16.8 Å². The second-order valence-corrected chi connectivity index (χ2v) is 5.44. The number of ether oxygens (including phenoxy) is 2. The highest BCUT2D eigenvalue weighted by molar-refractivity contribution is 5.98. The van der Waals surface area contributed by atoms with E-state index in [9.17, 15) is 0 Å². The van der Waals surface area contributed by atoms with Crippen LogP contribution in [0.15, 0.2) is 30.3 Å². The van der Waals surface area contributed by atoms with Gasteiger partial charge in [-0.1, -0.05) is 43.3 Å². The molecule has 0 spiro atoms. The first-order chi connectivity index (χ1) is 10.3. The van der Waals surface area contributed by atoms with Gasteiger partial charge in [0.05, 0.1) is 13.2 Å². The fraction of sp³-hybridized carbons (Fsp3) is 0.368. The third-order valence-corrected chi connectivity index (χ3v) is 4.04. The molecule has 3 rings (SSSR count). The molecule has 0 saturated heterocycles. The molecule has 0 aromatic heterocycles. The summed E-state index contributed by atoms with van der Waals surface area (Å²) in [7, 11) is 0. The van der Waals surface area contributed by atoms with Crippen LogP contribution in [0.2, 0.25) is 0 Å². The summed E-state index contributed by atoms with van der Waals surface area (Å²) in [6.07, 6.45) is 5.48. The molecule has 1 atom stereocenters. The lowest BCUT2D eigenvalue weighted by Gasteiger charge is -2.26. The molecule has 110 valence electrons. The molecule has 1 aliphatic rings. The van der Waals surface area contributed by atoms with Gasteiger partial charge in [-0.2, -0.15) is 0 Å². The molecule has 1 unspecified atom stereocenters. The van der Waals surface area contributed by atoms with Gasteiger partial charge in [-0.15, -0.1) is 0 Å². The second kappa shape index (κ2) is 5.80. The van der Waals surface area contributed by atoms with Gasteiger partial charge in [0.1, 0.15) is 11.5 Å². The molecule has 0 aliphatic heterocycles. The number of benzene rings is 2. The SMILES string of the molecule is CCOc1c2c(c(OCC)c3ccccc13)C(C)CC=C2. The molecule has 2 nitrogen and oxygen atoms in total. The largest absolute Gasteiger partial charge is 0.493 e. The molecule has 0 heterocycles. The summed E-state index contributed by atoms with van der Waals surface area (Å²) >= 11 is 0. The topological polar surface area (TPSA) is 18.5 Å². The first kappa shape index (κ1) is 14.0. The number of rotatable bonds is 4. The highest BCUT2D eigenvalue weighted by Crippen LogP contribution is 2.47. The zero-order valence-electron chi connectivity index (χ0n) is 13.0. The van der Waals surface area contributed by atoms with Crippen LogP contribution in [0.4, 0.5) is 0 Å². The van der Waals surface area contributed by atoms with E-state index in [1.54, 1.807) is 0 Å². The molecular formula is C19H22O2. The number of hydrogen-bond acceptors (Lipinski definition) is 2. The average molecular weight is 282 g/mol. The van der Waals surface area contributed by atoms with Gasteiger partial charge < -0.3 is 9.47 Å². The van der Waals surface area contributed by atoms with Crippen LogP contribution in [-0.4, -0.2) is 13.2 Å². The average Bonchev–Trinajstić information content (AvgIpc) is 2.51. The zero-order chi connectivity index (χ0) is 14.8. The van der Waals surface area contributed by atoms with Gasteiger partial charge in [-0.05, 0) is 26.2 Å². The van der Waals surface area contributed by atoms with Crippen LogP contribution in [0, 0.1) is 0 Å². The van der Waals surface area contributed by atoms with Gasteiger partial charge in [-0.25, -0.2) is 0 Å². The molecule has 2 aromatic carbocycles. The summed E-state index contributed by atoms with van der Waals surface area (Å²) in [6, 6.07) is 8.38. The first-order valence-corrected chi connectivity index (χ1v) is 7.78. The summed E-state index contributed by atoms with van der Waals surface area (Å²) in [5.41, 5.74) is 2.49. The van der Waals surface area contributed by atoms with Crippen molar-refractivity contribution in [2.75, 3.05) is 13.2 Å². The molecule has 0 saturated carbocycles.